The normalized spacial score (nSPS) is 18.8. The van der Waals surface area contributed by atoms with Gasteiger partial charge in [0, 0.05) is 11.3 Å². The lowest BCUT2D eigenvalue weighted by atomic mass is 9.97. The third-order valence-electron chi connectivity index (χ3n) is 4.71. The van der Waals surface area contributed by atoms with Crippen LogP contribution in [0.15, 0.2) is 29.4 Å². The molecule has 0 unspecified atom stereocenters. The summed E-state index contributed by atoms with van der Waals surface area (Å²) in [6, 6.07) is 7.23. The maximum absolute atomic E-state index is 12.7. The van der Waals surface area contributed by atoms with Crippen LogP contribution in [0.25, 0.3) is 0 Å². The Hall–Kier alpha value is -2.41. The van der Waals surface area contributed by atoms with E-state index in [9.17, 15) is 9.59 Å². The molecular weight excluding hydrogens is 320 g/mol. The van der Waals surface area contributed by atoms with Crippen molar-refractivity contribution >= 4 is 23.4 Å². The van der Waals surface area contributed by atoms with Gasteiger partial charge in [-0.15, -0.1) is 5.10 Å². The van der Waals surface area contributed by atoms with Gasteiger partial charge in [0.25, 0.3) is 5.91 Å². The van der Waals surface area contributed by atoms with Gasteiger partial charge in [0.2, 0.25) is 11.8 Å². The van der Waals surface area contributed by atoms with Gasteiger partial charge in [-0.25, -0.2) is 5.43 Å². The molecule has 25 heavy (non-hydrogen) atoms. The first-order valence-electron chi connectivity index (χ1n) is 8.63. The number of likely N-dealkylation sites (tertiary alicyclic amines) is 1. The molecule has 0 aromatic heterocycles. The third-order valence-corrected chi connectivity index (χ3v) is 4.71. The Labute approximate surface area is 147 Å². The molecule has 1 aromatic rings. The summed E-state index contributed by atoms with van der Waals surface area (Å²) in [5, 5.41) is 6.86. The number of amides is 2. The van der Waals surface area contributed by atoms with Crippen molar-refractivity contribution in [2.24, 2.45) is 5.10 Å². The van der Waals surface area contributed by atoms with Gasteiger partial charge in [0.15, 0.2) is 6.61 Å². The van der Waals surface area contributed by atoms with E-state index in [0.29, 0.717) is 5.90 Å². The van der Waals surface area contributed by atoms with Crippen LogP contribution >= 0.6 is 0 Å². The van der Waals surface area contributed by atoms with E-state index in [1.54, 1.807) is 12.1 Å². The Morgan fingerprint density at radius 2 is 1.88 bits per heavy atom. The fourth-order valence-electron chi connectivity index (χ4n) is 3.04. The second-order valence-electron chi connectivity index (χ2n) is 6.88. The molecule has 7 nitrogen and oxygen atoms in total. The fourth-order valence-corrected chi connectivity index (χ4v) is 3.04. The zero-order valence-corrected chi connectivity index (χ0v) is 14.7. The summed E-state index contributed by atoms with van der Waals surface area (Å²) >= 11 is 0. The molecule has 3 rings (SSSR count). The molecule has 7 heteroatoms. The van der Waals surface area contributed by atoms with Crippen LogP contribution in [0.1, 0.15) is 38.7 Å². The number of nitrogens with zero attached hydrogens (tertiary/aromatic N) is 2. The van der Waals surface area contributed by atoms with Crippen molar-refractivity contribution in [3.8, 4) is 0 Å². The highest BCUT2D eigenvalue weighted by Gasteiger charge is 2.35. The standard InChI is InChI=1S/C18H24N4O3/c1-18(2,22-10-4-3-5-11-22)17(24)19-14-8-6-13(7-9-14)16-21-20-15(23)12-25-16/h6-9H,3-5,10-12H2,1-2H3,(H,19,24)(H,20,23). The molecule has 0 bridgehead atoms. The molecule has 1 saturated heterocycles. The number of carbonyl (C=O) groups is 2. The second kappa shape index (κ2) is 7.23. The molecule has 0 atom stereocenters. The van der Waals surface area contributed by atoms with E-state index in [-0.39, 0.29) is 18.4 Å². The summed E-state index contributed by atoms with van der Waals surface area (Å²) in [5.74, 6) is 0.0828. The number of nitrogens with one attached hydrogen (secondary N) is 2. The maximum Gasteiger partial charge on any atom is 0.278 e. The average molecular weight is 344 g/mol. The molecule has 0 radical (unpaired) electrons. The van der Waals surface area contributed by atoms with Crippen LogP contribution in [0.4, 0.5) is 5.69 Å². The fraction of sp³-hybridized carbons (Fsp3) is 0.500. The Kier molecular flexibility index (Phi) is 5.03. The minimum absolute atomic E-state index is 0.0133. The van der Waals surface area contributed by atoms with E-state index >= 15 is 0 Å². The highest BCUT2D eigenvalue weighted by molar-refractivity contribution is 6.00. The number of piperidine rings is 1. The first-order valence-corrected chi connectivity index (χ1v) is 8.63. The highest BCUT2D eigenvalue weighted by Crippen LogP contribution is 2.22. The predicted molar refractivity (Wildman–Crippen MR) is 95.2 cm³/mol. The van der Waals surface area contributed by atoms with Crippen LogP contribution in [-0.2, 0) is 14.3 Å². The molecule has 2 heterocycles. The smallest absolute Gasteiger partial charge is 0.278 e. The first-order chi connectivity index (χ1) is 12.0. The van der Waals surface area contributed by atoms with E-state index < -0.39 is 5.54 Å². The quantitative estimate of drug-likeness (QED) is 0.871. The van der Waals surface area contributed by atoms with Gasteiger partial charge in [-0.1, -0.05) is 6.42 Å². The van der Waals surface area contributed by atoms with E-state index in [1.165, 1.54) is 6.42 Å². The number of benzene rings is 1. The van der Waals surface area contributed by atoms with Gasteiger partial charge in [-0.05, 0) is 64.0 Å². The lowest BCUT2D eigenvalue weighted by Gasteiger charge is -2.39. The molecule has 2 amide bonds. The minimum atomic E-state index is -0.542. The van der Waals surface area contributed by atoms with Gasteiger partial charge in [0.05, 0.1) is 5.54 Å². The number of rotatable bonds is 4. The zero-order chi connectivity index (χ0) is 17.9. The van der Waals surface area contributed by atoms with Crippen molar-refractivity contribution < 1.29 is 14.3 Å². The second-order valence-corrected chi connectivity index (χ2v) is 6.88. The summed E-state index contributed by atoms with van der Waals surface area (Å²) in [6.07, 6.45) is 3.52. The van der Waals surface area contributed by atoms with Gasteiger partial charge in [-0.3, -0.25) is 14.5 Å². The van der Waals surface area contributed by atoms with E-state index in [1.807, 2.05) is 26.0 Å². The first kappa shape index (κ1) is 17.4. The molecule has 0 saturated carbocycles. The average Bonchev–Trinajstić information content (AvgIpc) is 2.64. The number of hydrogen-bond donors (Lipinski definition) is 2. The Bertz CT molecular complexity index is 676. The van der Waals surface area contributed by atoms with E-state index in [2.05, 4.69) is 20.7 Å². The number of anilines is 1. The van der Waals surface area contributed by atoms with Gasteiger partial charge < -0.3 is 10.1 Å². The van der Waals surface area contributed by atoms with Crippen LogP contribution in [0.5, 0.6) is 0 Å². The van der Waals surface area contributed by atoms with Gasteiger partial charge >= 0.3 is 0 Å². The van der Waals surface area contributed by atoms with Crippen LogP contribution in [-0.4, -0.2) is 47.8 Å². The van der Waals surface area contributed by atoms with E-state index in [0.717, 1.165) is 37.2 Å². The lowest BCUT2D eigenvalue weighted by molar-refractivity contribution is -0.127. The maximum atomic E-state index is 12.7. The molecule has 1 aromatic carbocycles. The molecule has 134 valence electrons. The zero-order valence-electron chi connectivity index (χ0n) is 14.7. The summed E-state index contributed by atoms with van der Waals surface area (Å²) < 4.78 is 5.27. The van der Waals surface area contributed by atoms with Crippen LogP contribution in [0.3, 0.4) is 0 Å². The van der Waals surface area contributed by atoms with Crippen LogP contribution in [0, 0.1) is 0 Å². The SMILES string of the molecule is CC(C)(C(=O)Nc1ccc(C2=NNC(=O)CO2)cc1)N1CCCCC1. The lowest BCUT2D eigenvalue weighted by Crippen LogP contribution is -2.54. The summed E-state index contributed by atoms with van der Waals surface area (Å²) in [5.41, 5.74) is 3.31. The van der Waals surface area contributed by atoms with Crippen LogP contribution in [0.2, 0.25) is 0 Å². The Balaban J connectivity index is 1.64. The highest BCUT2D eigenvalue weighted by atomic mass is 16.5. The molecule has 0 spiro atoms. The van der Waals surface area contributed by atoms with Crippen molar-refractivity contribution in [2.75, 3.05) is 25.0 Å². The van der Waals surface area contributed by atoms with Crippen molar-refractivity contribution in [3.05, 3.63) is 29.8 Å². The predicted octanol–water partition coefficient (Wildman–Crippen LogP) is 1.70. The van der Waals surface area contributed by atoms with Crippen molar-refractivity contribution in [1.29, 1.82) is 0 Å². The number of ether oxygens (including phenoxy) is 1. The Morgan fingerprint density at radius 3 is 2.48 bits per heavy atom. The molecule has 2 N–H and O–H groups in total. The molecule has 2 aliphatic heterocycles. The monoisotopic (exact) mass is 344 g/mol. The number of carbonyl (C=O) groups excluding carboxylic acids is 2. The molecule has 2 aliphatic rings. The van der Waals surface area contributed by atoms with Gasteiger partial charge in [0.1, 0.15) is 0 Å². The number of hydrazone groups is 1. The van der Waals surface area contributed by atoms with Gasteiger partial charge in [-0.2, -0.15) is 0 Å². The van der Waals surface area contributed by atoms with Crippen molar-refractivity contribution in [1.82, 2.24) is 10.3 Å². The van der Waals surface area contributed by atoms with Crippen molar-refractivity contribution in [2.45, 2.75) is 38.6 Å². The summed E-state index contributed by atoms with van der Waals surface area (Å²) in [4.78, 5) is 26.0. The van der Waals surface area contributed by atoms with Crippen molar-refractivity contribution in [3.63, 3.8) is 0 Å². The summed E-state index contributed by atoms with van der Waals surface area (Å²) in [7, 11) is 0. The molecular formula is C18H24N4O3. The van der Waals surface area contributed by atoms with E-state index in [4.69, 9.17) is 4.74 Å². The minimum Gasteiger partial charge on any atom is -0.466 e. The number of hydrogen-bond acceptors (Lipinski definition) is 5. The molecule has 0 aliphatic carbocycles. The molecule has 1 fully saturated rings. The topological polar surface area (TPSA) is 83.0 Å². The van der Waals surface area contributed by atoms with Crippen LogP contribution < -0.4 is 10.7 Å². The Morgan fingerprint density at radius 1 is 1.20 bits per heavy atom. The summed E-state index contributed by atoms with van der Waals surface area (Å²) in [6.45, 7) is 5.82. The largest absolute Gasteiger partial charge is 0.466 e. The third kappa shape index (κ3) is 3.99.